The van der Waals surface area contributed by atoms with Crippen molar-refractivity contribution in [1.82, 2.24) is 4.90 Å². The van der Waals surface area contributed by atoms with Crippen molar-refractivity contribution in [1.29, 1.82) is 0 Å². The van der Waals surface area contributed by atoms with Crippen LogP contribution in [0.15, 0.2) is 30.3 Å². The maximum Gasteiger partial charge on any atom is 0.0710 e. The smallest absolute Gasteiger partial charge is 0.0710 e. The molecule has 0 unspecified atom stereocenters. The Kier molecular flexibility index (Phi) is 2.26. The highest BCUT2D eigenvalue weighted by molar-refractivity contribution is 5.16. The Balaban J connectivity index is 1.75. The molecule has 1 N–H and O–H groups in total. The van der Waals surface area contributed by atoms with Crippen LogP contribution in [-0.4, -0.2) is 28.2 Å². The summed E-state index contributed by atoms with van der Waals surface area (Å²) in [5.41, 5.74) is 1.36. The van der Waals surface area contributed by atoms with Gasteiger partial charge in [0.05, 0.1) is 6.10 Å². The summed E-state index contributed by atoms with van der Waals surface area (Å²) >= 11 is 0. The van der Waals surface area contributed by atoms with Gasteiger partial charge in [-0.3, -0.25) is 4.90 Å². The van der Waals surface area contributed by atoms with Gasteiger partial charge in [-0.05, 0) is 24.8 Å². The van der Waals surface area contributed by atoms with Crippen LogP contribution < -0.4 is 0 Å². The number of aliphatic hydroxyl groups excluding tert-OH is 1. The number of nitrogens with zero attached hydrogens (tertiary/aromatic N) is 1. The molecule has 2 aliphatic rings. The van der Waals surface area contributed by atoms with Crippen molar-refractivity contribution in [3.63, 3.8) is 0 Å². The molecule has 1 aromatic carbocycles. The summed E-state index contributed by atoms with van der Waals surface area (Å²) in [5.74, 6) is 0. The quantitative estimate of drug-likeness (QED) is 0.792. The van der Waals surface area contributed by atoms with Gasteiger partial charge in [0.25, 0.3) is 0 Å². The van der Waals surface area contributed by atoms with Crippen molar-refractivity contribution in [2.45, 2.75) is 44.0 Å². The third-order valence-electron chi connectivity index (χ3n) is 3.86. The van der Waals surface area contributed by atoms with E-state index in [1.807, 2.05) is 0 Å². The lowest BCUT2D eigenvalue weighted by atomic mass is 9.98. The Morgan fingerprint density at radius 1 is 1.20 bits per heavy atom. The van der Waals surface area contributed by atoms with E-state index in [-0.39, 0.29) is 6.10 Å². The number of rotatable bonds is 2. The second-order valence-corrected chi connectivity index (χ2v) is 4.76. The Bertz CT molecular complexity index is 338. The first-order valence-electron chi connectivity index (χ1n) is 5.82. The van der Waals surface area contributed by atoms with Crippen molar-refractivity contribution in [3.8, 4) is 0 Å². The number of hydrogen-bond donors (Lipinski definition) is 1. The minimum Gasteiger partial charge on any atom is -0.391 e. The van der Waals surface area contributed by atoms with E-state index in [0.29, 0.717) is 12.1 Å². The van der Waals surface area contributed by atoms with Crippen LogP contribution in [0.25, 0.3) is 0 Å². The molecule has 2 heterocycles. The highest BCUT2D eigenvalue weighted by Crippen LogP contribution is 2.38. The van der Waals surface area contributed by atoms with E-state index in [1.165, 1.54) is 18.4 Å². The molecule has 80 valence electrons. The van der Waals surface area contributed by atoms with E-state index in [0.717, 1.165) is 13.0 Å². The molecule has 2 fully saturated rings. The number of aliphatic hydroxyl groups is 1. The lowest BCUT2D eigenvalue weighted by Crippen LogP contribution is -2.31. The lowest BCUT2D eigenvalue weighted by Gasteiger charge is -2.22. The van der Waals surface area contributed by atoms with Crippen molar-refractivity contribution in [3.05, 3.63) is 35.9 Å². The van der Waals surface area contributed by atoms with Gasteiger partial charge in [-0.25, -0.2) is 0 Å². The molecule has 0 radical (unpaired) electrons. The Morgan fingerprint density at radius 2 is 2.00 bits per heavy atom. The van der Waals surface area contributed by atoms with Gasteiger partial charge in [0, 0.05) is 18.6 Å². The molecular weight excluding hydrogens is 186 g/mol. The first-order chi connectivity index (χ1) is 7.34. The Hall–Kier alpha value is -0.860. The van der Waals surface area contributed by atoms with Gasteiger partial charge in [0.1, 0.15) is 0 Å². The highest BCUT2D eigenvalue weighted by atomic mass is 16.3. The van der Waals surface area contributed by atoms with E-state index in [1.54, 1.807) is 0 Å². The van der Waals surface area contributed by atoms with Crippen LogP contribution >= 0.6 is 0 Å². The fourth-order valence-electron chi connectivity index (χ4n) is 3.11. The predicted molar refractivity (Wildman–Crippen MR) is 59.4 cm³/mol. The normalized spacial score (nSPS) is 34.9. The summed E-state index contributed by atoms with van der Waals surface area (Å²) in [4.78, 5) is 2.49. The van der Waals surface area contributed by atoms with Crippen LogP contribution in [0.5, 0.6) is 0 Å². The third kappa shape index (κ3) is 1.58. The second-order valence-electron chi connectivity index (χ2n) is 4.76. The van der Waals surface area contributed by atoms with Gasteiger partial charge < -0.3 is 5.11 Å². The average molecular weight is 203 g/mol. The molecular formula is C13H17NO. The maximum absolute atomic E-state index is 9.83. The molecule has 0 amide bonds. The largest absolute Gasteiger partial charge is 0.391 e. The summed E-state index contributed by atoms with van der Waals surface area (Å²) in [6.07, 6.45) is 3.36. The van der Waals surface area contributed by atoms with Crippen LogP contribution in [0.1, 0.15) is 24.8 Å². The second kappa shape index (κ2) is 3.62. The summed E-state index contributed by atoms with van der Waals surface area (Å²) < 4.78 is 0. The van der Waals surface area contributed by atoms with E-state index in [4.69, 9.17) is 0 Å². The molecule has 2 aliphatic heterocycles. The minimum atomic E-state index is -0.0764. The van der Waals surface area contributed by atoms with Crippen molar-refractivity contribution in [2.24, 2.45) is 0 Å². The van der Waals surface area contributed by atoms with Gasteiger partial charge in [0.15, 0.2) is 0 Å². The van der Waals surface area contributed by atoms with E-state index < -0.39 is 0 Å². The van der Waals surface area contributed by atoms with Gasteiger partial charge in [-0.2, -0.15) is 0 Å². The van der Waals surface area contributed by atoms with Crippen LogP contribution in [0, 0.1) is 0 Å². The number of fused-ring (bicyclic) bond motifs is 2. The average Bonchev–Trinajstić information content (AvgIpc) is 2.76. The molecule has 1 aromatic rings. The summed E-state index contributed by atoms with van der Waals surface area (Å²) in [6.45, 7) is 1.01. The molecule has 2 heteroatoms. The Labute approximate surface area is 90.5 Å². The topological polar surface area (TPSA) is 23.5 Å². The fraction of sp³-hybridized carbons (Fsp3) is 0.538. The van der Waals surface area contributed by atoms with Crippen molar-refractivity contribution < 1.29 is 5.11 Å². The van der Waals surface area contributed by atoms with E-state index in [2.05, 4.69) is 35.2 Å². The molecule has 15 heavy (non-hydrogen) atoms. The zero-order chi connectivity index (χ0) is 10.3. The molecule has 3 rings (SSSR count). The Morgan fingerprint density at radius 3 is 2.60 bits per heavy atom. The van der Waals surface area contributed by atoms with Gasteiger partial charge >= 0.3 is 0 Å². The summed E-state index contributed by atoms with van der Waals surface area (Å²) in [7, 11) is 0. The molecule has 0 saturated carbocycles. The standard InChI is InChI=1S/C13H17NO/c15-13-8-11-6-7-12(13)14(11)9-10-4-2-1-3-5-10/h1-5,11-13,15H,6-9H2/t11-,12+,13+/m1/s1. The highest BCUT2D eigenvalue weighted by Gasteiger charge is 2.44. The fourth-order valence-corrected chi connectivity index (χ4v) is 3.11. The van der Waals surface area contributed by atoms with Crippen LogP contribution in [-0.2, 0) is 6.54 Å². The van der Waals surface area contributed by atoms with Crippen molar-refractivity contribution >= 4 is 0 Å². The number of hydrogen-bond acceptors (Lipinski definition) is 2. The molecule has 0 aromatic heterocycles. The van der Waals surface area contributed by atoms with Crippen molar-refractivity contribution in [2.75, 3.05) is 0 Å². The first kappa shape index (κ1) is 9.37. The van der Waals surface area contributed by atoms with Gasteiger partial charge in [-0.1, -0.05) is 30.3 Å². The lowest BCUT2D eigenvalue weighted by molar-refractivity contribution is 0.119. The zero-order valence-electron chi connectivity index (χ0n) is 8.84. The van der Waals surface area contributed by atoms with E-state index >= 15 is 0 Å². The van der Waals surface area contributed by atoms with E-state index in [9.17, 15) is 5.11 Å². The summed E-state index contributed by atoms with van der Waals surface area (Å²) in [5, 5.41) is 9.83. The third-order valence-corrected chi connectivity index (χ3v) is 3.86. The molecule has 2 saturated heterocycles. The molecule has 2 bridgehead atoms. The van der Waals surface area contributed by atoms with Gasteiger partial charge in [0.2, 0.25) is 0 Å². The molecule has 0 spiro atoms. The predicted octanol–water partition coefficient (Wildman–Crippen LogP) is 1.78. The monoisotopic (exact) mass is 203 g/mol. The SMILES string of the molecule is O[C@H]1C[C@H]2CC[C@@H]1N2Cc1ccccc1. The van der Waals surface area contributed by atoms with Gasteiger partial charge in [-0.15, -0.1) is 0 Å². The maximum atomic E-state index is 9.83. The first-order valence-corrected chi connectivity index (χ1v) is 5.82. The molecule has 3 atom stereocenters. The molecule has 2 nitrogen and oxygen atoms in total. The molecule has 0 aliphatic carbocycles. The van der Waals surface area contributed by atoms with Crippen LogP contribution in [0.4, 0.5) is 0 Å². The minimum absolute atomic E-state index is 0.0764. The zero-order valence-corrected chi connectivity index (χ0v) is 8.84. The summed E-state index contributed by atoms with van der Waals surface area (Å²) in [6, 6.07) is 11.6. The van der Waals surface area contributed by atoms with Crippen LogP contribution in [0.2, 0.25) is 0 Å². The van der Waals surface area contributed by atoms with Crippen LogP contribution in [0.3, 0.4) is 0 Å². The number of benzene rings is 1.